The third-order valence-electron chi connectivity index (χ3n) is 9.45. The van der Waals surface area contributed by atoms with E-state index in [9.17, 15) is 39.0 Å². The summed E-state index contributed by atoms with van der Waals surface area (Å²) in [6.45, 7) is 17.4. The summed E-state index contributed by atoms with van der Waals surface area (Å²) in [5, 5.41) is 35.4. The third-order valence-corrected chi connectivity index (χ3v) is 9.45. The van der Waals surface area contributed by atoms with E-state index in [-0.39, 0.29) is 47.7 Å². The number of carboxylic acid groups (broad SMARTS) is 1. The van der Waals surface area contributed by atoms with Crippen LogP contribution in [-0.2, 0) is 41.4 Å². The highest BCUT2D eigenvalue weighted by molar-refractivity contribution is 5.98. The molecule has 400 valence electrons. The van der Waals surface area contributed by atoms with Crippen LogP contribution >= 0.6 is 0 Å². The number of methoxy groups -OCH3 is 2. The fourth-order valence-corrected chi connectivity index (χ4v) is 6.25. The Kier molecular flexibility index (Phi) is 24.8. The zero-order valence-corrected chi connectivity index (χ0v) is 43.5. The van der Waals surface area contributed by atoms with Crippen LogP contribution in [-0.4, -0.2) is 135 Å². The molecule has 2 aromatic heterocycles. The molecule has 0 spiro atoms. The quantitative estimate of drug-likeness (QED) is 0.0364. The van der Waals surface area contributed by atoms with E-state index in [1.165, 1.54) is 14.2 Å². The lowest BCUT2D eigenvalue weighted by Crippen LogP contribution is -2.49. The van der Waals surface area contributed by atoms with E-state index in [4.69, 9.17) is 34.5 Å². The lowest BCUT2D eigenvalue weighted by atomic mass is 10.1. The number of esters is 2. The number of nitrogens with two attached hydrogens (primary N) is 1. The van der Waals surface area contributed by atoms with Crippen molar-refractivity contribution < 1.29 is 72.5 Å². The van der Waals surface area contributed by atoms with Gasteiger partial charge in [0.05, 0.1) is 62.3 Å². The number of carboxylic acids is 1. The van der Waals surface area contributed by atoms with Gasteiger partial charge in [-0.3, -0.25) is 9.59 Å². The van der Waals surface area contributed by atoms with Gasteiger partial charge in [0.15, 0.2) is 0 Å². The van der Waals surface area contributed by atoms with Crippen LogP contribution in [0.15, 0.2) is 48.5 Å². The molecule has 4 rings (SSSR count). The topological polar surface area (TPSA) is 332 Å². The zero-order valence-electron chi connectivity index (χ0n) is 43.5. The monoisotopic (exact) mass is 1020 g/mol. The number of nitrogens with zero attached hydrogens (tertiary/aromatic N) is 4. The van der Waals surface area contributed by atoms with E-state index in [0.29, 0.717) is 48.8 Å². The molecule has 0 unspecified atom stereocenters. The Morgan fingerprint density at radius 2 is 1.01 bits per heavy atom. The van der Waals surface area contributed by atoms with Crippen molar-refractivity contribution in [2.45, 2.75) is 118 Å². The number of phenols is 2. The van der Waals surface area contributed by atoms with Gasteiger partial charge in [0.1, 0.15) is 40.3 Å². The van der Waals surface area contributed by atoms with E-state index >= 15 is 0 Å². The van der Waals surface area contributed by atoms with Gasteiger partial charge in [0, 0.05) is 6.54 Å². The summed E-state index contributed by atoms with van der Waals surface area (Å²) in [6.07, 6.45) is 1.55. The maximum absolute atomic E-state index is 12.9. The highest BCUT2D eigenvalue weighted by Gasteiger charge is 2.27. The van der Waals surface area contributed by atoms with Crippen LogP contribution < -0.4 is 31.2 Å². The Labute approximate surface area is 424 Å². The van der Waals surface area contributed by atoms with Gasteiger partial charge in [-0.05, 0) is 130 Å². The Balaban J connectivity index is 0.000000417. The van der Waals surface area contributed by atoms with Crippen molar-refractivity contribution in [3.05, 3.63) is 93.6 Å². The highest BCUT2D eigenvalue weighted by Crippen LogP contribution is 2.18. The first-order chi connectivity index (χ1) is 34.1. The highest BCUT2D eigenvalue weighted by atomic mass is 16.6. The average molecular weight is 1020 g/mol. The van der Waals surface area contributed by atoms with Gasteiger partial charge < -0.3 is 65.4 Å². The minimum atomic E-state index is -1.15. The fraction of sp³-hybridized carbons (Fsp3) is 0.480. The van der Waals surface area contributed by atoms with Crippen molar-refractivity contribution in [3.8, 4) is 23.5 Å². The molecule has 8 N–H and O–H groups in total. The van der Waals surface area contributed by atoms with Crippen molar-refractivity contribution in [1.82, 2.24) is 35.9 Å². The van der Waals surface area contributed by atoms with Crippen molar-refractivity contribution in [2.24, 2.45) is 5.73 Å². The second-order valence-corrected chi connectivity index (χ2v) is 18.1. The number of aromatic nitrogens is 4. The molecule has 73 heavy (non-hydrogen) atoms. The summed E-state index contributed by atoms with van der Waals surface area (Å²) in [5.74, 6) is -2.48. The minimum Gasteiger partial charge on any atom is -0.508 e. The van der Waals surface area contributed by atoms with Crippen LogP contribution in [0.1, 0.15) is 109 Å². The standard InChI is InChI=1S/C25H34N4O7.C16H18N2O4.C9H18N2O4/c1-15-20(21(31)29-19(22(32)34-6)14-26-24(33)36-25(3,4)5)16(2)28-23(27-15)35-12-8-10-17-9-7-11-18(30)13-17;1-10-14(15(20)21)11(2)18-16(17-10)22-8-4-6-12-5-3-7-13(19)9-12;1-9(2,3)15-8(13)11-5-6(10)7(12)14-4/h7,9,11,13,19,30H,8,10,12,14H2,1-6H3,(H,26,33)(H,29,31);3,5,7,9,19H,4,6,8H2,1-2H3,(H,20,21);6H,5,10H2,1-4H3,(H,11,13)/t19-;;6-/m0.0/s1. The number of carbonyl (C=O) groups excluding carboxylic acids is 5. The largest absolute Gasteiger partial charge is 0.508 e. The summed E-state index contributed by atoms with van der Waals surface area (Å²) >= 11 is 0. The van der Waals surface area contributed by atoms with Crippen LogP contribution in [0, 0.1) is 27.7 Å². The van der Waals surface area contributed by atoms with Crippen LogP contribution in [0.5, 0.6) is 23.5 Å². The first kappa shape index (κ1) is 61.3. The molecule has 0 bridgehead atoms. The minimum absolute atomic E-state index is 0.0123. The van der Waals surface area contributed by atoms with Crippen molar-refractivity contribution in [1.29, 1.82) is 0 Å². The Morgan fingerprint density at radius 1 is 0.616 bits per heavy atom. The number of aryl methyl sites for hydroxylation is 6. The molecule has 0 saturated carbocycles. The first-order valence-corrected chi connectivity index (χ1v) is 23.0. The fourth-order valence-electron chi connectivity index (χ4n) is 6.25. The van der Waals surface area contributed by atoms with Gasteiger partial charge in [0.2, 0.25) is 0 Å². The predicted molar refractivity (Wildman–Crippen MR) is 266 cm³/mol. The second kappa shape index (κ2) is 29.5. The average Bonchev–Trinajstić information content (AvgIpc) is 3.28. The van der Waals surface area contributed by atoms with E-state index in [1.807, 2.05) is 12.1 Å². The number of hydrogen-bond donors (Lipinski definition) is 7. The SMILES string of the molecule is COC(=O)[C@@H](N)CNC(=O)OC(C)(C)C.COC(=O)[C@H](CNC(=O)OC(C)(C)C)NC(=O)c1c(C)nc(OCCCc2cccc(O)c2)nc1C.Cc1nc(OCCCc2cccc(O)c2)nc(C)c1C(=O)O. The molecule has 0 aliphatic heterocycles. The number of ether oxygens (including phenoxy) is 6. The number of aromatic hydroxyl groups is 2. The number of carbonyl (C=O) groups is 6. The maximum atomic E-state index is 12.9. The van der Waals surface area contributed by atoms with Crippen LogP contribution in [0.3, 0.4) is 0 Å². The van der Waals surface area contributed by atoms with Crippen molar-refractivity contribution in [2.75, 3.05) is 40.5 Å². The molecule has 0 saturated heterocycles. The molecule has 0 aliphatic rings. The summed E-state index contributed by atoms with van der Waals surface area (Å²) < 4.78 is 30.4. The van der Waals surface area contributed by atoms with E-state index in [2.05, 4.69) is 40.6 Å². The second-order valence-electron chi connectivity index (χ2n) is 18.1. The molecule has 23 heteroatoms. The number of amides is 3. The number of phenolic OH excluding ortho intramolecular Hbond substituents is 2. The molecule has 3 amide bonds. The van der Waals surface area contributed by atoms with E-state index in [0.717, 1.165) is 24.0 Å². The van der Waals surface area contributed by atoms with Gasteiger partial charge in [0.25, 0.3) is 5.91 Å². The molecule has 0 radical (unpaired) electrons. The predicted octanol–water partition coefficient (Wildman–Crippen LogP) is 5.13. The number of alkyl carbamates (subject to hydrolysis) is 2. The van der Waals surface area contributed by atoms with Gasteiger partial charge in [-0.1, -0.05) is 24.3 Å². The maximum Gasteiger partial charge on any atom is 0.407 e. The third kappa shape index (κ3) is 23.8. The number of aromatic carboxylic acids is 1. The zero-order chi connectivity index (χ0) is 55.1. The molecular formula is C50H70N8O15. The molecule has 2 aromatic carbocycles. The van der Waals surface area contributed by atoms with Crippen LogP contribution in [0.4, 0.5) is 9.59 Å². The molecule has 2 atom stereocenters. The number of nitrogens with one attached hydrogen (secondary N) is 3. The lowest BCUT2D eigenvalue weighted by Gasteiger charge is -2.22. The van der Waals surface area contributed by atoms with Gasteiger partial charge in [-0.25, -0.2) is 19.2 Å². The van der Waals surface area contributed by atoms with Crippen LogP contribution in [0.25, 0.3) is 0 Å². The Morgan fingerprint density at radius 3 is 1.38 bits per heavy atom. The smallest absolute Gasteiger partial charge is 0.407 e. The van der Waals surface area contributed by atoms with Crippen molar-refractivity contribution >= 4 is 36.0 Å². The number of benzene rings is 2. The summed E-state index contributed by atoms with van der Waals surface area (Å²) in [5.41, 5.74) is 7.95. The molecule has 23 nitrogen and oxygen atoms in total. The summed E-state index contributed by atoms with van der Waals surface area (Å²) in [4.78, 5) is 86.8. The van der Waals surface area contributed by atoms with E-state index in [1.54, 1.807) is 106 Å². The lowest BCUT2D eigenvalue weighted by molar-refractivity contribution is -0.143. The van der Waals surface area contributed by atoms with Crippen molar-refractivity contribution in [3.63, 3.8) is 0 Å². The Hall–Kier alpha value is -7.82. The Bertz CT molecular complexity index is 2450. The molecule has 0 fully saturated rings. The summed E-state index contributed by atoms with van der Waals surface area (Å²) in [7, 11) is 2.41. The molecule has 2 heterocycles. The van der Waals surface area contributed by atoms with E-state index < -0.39 is 59.3 Å². The number of rotatable bonds is 19. The summed E-state index contributed by atoms with van der Waals surface area (Å²) in [6, 6.07) is 12.4. The molecule has 4 aromatic rings. The molecule has 0 aliphatic carbocycles. The normalized spacial score (nSPS) is 11.6. The first-order valence-electron chi connectivity index (χ1n) is 23.0. The van der Waals surface area contributed by atoms with Gasteiger partial charge in [-0.2, -0.15) is 19.9 Å². The molecular weight excluding hydrogens is 953 g/mol. The number of hydrogen-bond acceptors (Lipinski definition) is 19. The van der Waals surface area contributed by atoms with Crippen LogP contribution in [0.2, 0.25) is 0 Å². The van der Waals surface area contributed by atoms with Gasteiger partial charge >= 0.3 is 42.1 Å². The van der Waals surface area contributed by atoms with Gasteiger partial charge in [-0.15, -0.1) is 0 Å².